The minimum Gasteiger partial charge on any atom is -0.494 e. The van der Waals surface area contributed by atoms with Crippen LogP contribution in [0.3, 0.4) is 0 Å². The second-order valence-corrected chi connectivity index (χ2v) is 6.75. The fourth-order valence-electron chi connectivity index (χ4n) is 2.53. The maximum Gasteiger partial charge on any atom is 0.273 e. The van der Waals surface area contributed by atoms with Crippen LogP contribution >= 0.6 is 23.2 Å². The molecule has 2 N–H and O–H groups in total. The number of ether oxygens (including phenoxy) is 1. The van der Waals surface area contributed by atoms with Crippen molar-refractivity contribution in [1.82, 2.24) is 5.32 Å². The topological polar surface area (TPSA) is 93.5 Å². The SMILES string of the molecule is COc1cc([N+](=O)[O-])ccc1NC(=O)[C@@H](C)N[C@H](C)c1ccc(Cl)cc1Cl. The number of carbonyl (C=O) groups excluding carboxylic acids is 1. The van der Waals surface area contributed by atoms with Crippen LogP contribution < -0.4 is 15.4 Å². The Hall–Kier alpha value is -2.35. The number of carbonyl (C=O) groups is 1. The maximum atomic E-state index is 12.5. The summed E-state index contributed by atoms with van der Waals surface area (Å²) in [5, 5.41) is 17.7. The van der Waals surface area contributed by atoms with E-state index in [0.29, 0.717) is 15.7 Å². The highest BCUT2D eigenvalue weighted by molar-refractivity contribution is 6.35. The summed E-state index contributed by atoms with van der Waals surface area (Å²) in [6, 6.07) is 8.39. The monoisotopic (exact) mass is 411 g/mol. The van der Waals surface area contributed by atoms with Gasteiger partial charge in [0.15, 0.2) is 0 Å². The maximum absolute atomic E-state index is 12.5. The number of methoxy groups -OCH3 is 1. The number of rotatable bonds is 7. The van der Waals surface area contributed by atoms with Gasteiger partial charge in [0, 0.05) is 22.2 Å². The molecule has 1 amide bonds. The van der Waals surface area contributed by atoms with E-state index in [9.17, 15) is 14.9 Å². The number of nitro benzene ring substituents is 1. The first-order valence-electron chi connectivity index (χ1n) is 8.07. The molecule has 2 rings (SSSR count). The Balaban J connectivity index is 2.08. The van der Waals surface area contributed by atoms with E-state index in [-0.39, 0.29) is 23.4 Å². The molecule has 0 radical (unpaired) electrons. The van der Waals surface area contributed by atoms with Gasteiger partial charge in [-0.1, -0.05) is 29.3 Å². The number of nitrogens with zero attached hydrogens (tertiary/aromatic N) is 1. The van der Waals surface area contributed by atoms with E-state index >= 15 is 0 Å². The molecule has 0 aliphatic rings. The third kappa shape index (κ3) is 5.32. The van der Waals surface area contributed by atoms with Crippen molar-refractivity contribution in [2.45, 2.75) is 25.9 Å². The van der Waals surface area contributed by atoms with Gasteiger partial charge in [0.2, 0.25) is 5.91 Å². The molecule has 0 saturated heterocycles. The van der Waals surface area contributed by atoms with Crippen LogP contribution in [0.25, 0.3) is 0 Å². The quantitative estimate of drug-likeness (QED) is 0.513. The molecule has 0 aromatic heterocycles. The Morgan fingerprint density at radius 3 is 2.48 bits per heavy atom. The van der Waals surface area contributed by atoms with Crippen molar-refractivity contribution in [2.24, 2.45) is 0 Å². The van der Waals surface area contributed by atoms with Crippen molar-refractivity contribution in [3.05, 3.63) is 62.1 Å². The van der Waals surface area contributed by atoms with Crippen molar-refractivity contribution in [3.63, 3.8) is 0 Å². The van der Waals surface area contributed by atoms with Crippen LogP contribution in [0.5, 0.6) is 5.75 Å². The number of benzene rings is 2. The van der Waals surface area contributed by atoms with E-state index in [4.69, 9.17) is 27.9 Å². The predicted octanol–water partition coefficient (Wildman–Crippen LogP) is 4.59. The second kappa shape index (κ2) is 9.03. The van der Waals surface area contributed by atoms with Crippen LogP contribution in [0.1, 0.15) is 25.5 Å². The number of non-ortho nitro benzene ring substituents is 1. The lowest BCUT2D eigenvalue weighted by Gasteiger charge is -2.21. The summed E-state index contributed by atoms with van der Waals surface area (Å²) in [5.41, 5.74) is 1.04. The molecule has 0 aliphatic carbocycles. The van der Waals surface area contributed by atoms with Gasteiger partial charge in [-0.15, -0.1) is 0 Å². The molecular formula is C18H19Cl2N3O4. The molecule has 0 bridgehead atoms. The molecule has 0 aliphatic heterocycles. The van der Waals surface area contributed by atoms with E-state index < -0.39 is 11.0 Å². The van der Waals surface area contributed by atoms with Gasteiger partial charge in [-0.2, -0.15) is 0 Å². The fraction of sp³-hybridized carbons (Fsp3) is 0.278. The second-order valence-electron chi connectivity index (χ2n) is 5.91. The first-order valence-corrected chi connectivity index (χ1v) is 8.82. The van der Waals surface area contributed by atoms with E-state index in [2.05, 4.69) is 10.6 Å². The smallest absolute Gasteiger partial charge is 0.273 e. The number of anilines is 1. The third-order valence-electron chi connectivity index (χ3n) is 3.98. The minimum atomic E-state index is -0.563. The molecule has 27 heavy (non-hydrogen) atoms. The highest BCUT2D eigenvalue weighted by Crippen LogP contribution is 2.29. The van der Waals surface area contributed by atoms with Crippen LogP contribution in [-0.4, -0.2) is 24.0 Å². The molecule has 0 fully saturated rings. The van der Waals surface area contributed by atoms with E-state index in [1.807, 2.05) is 6.92 Å². The minimum absolute atomic E-state index is 0.123. The highest BCUT2D eigenvalue weighted by Gasteiger charge is 2.20. The van der Waals surface area contributed by atoms with E-state index in [1.165, 1.54) is 25.3 Å². The molecule has 144 valence electrons. The van der Waals surface area contributed by atoms with Crippen LogP contribution in [0.4, 0.5) is 11.4 Å². The van der Waals surface area contributed by atoms with Crippen molar-refractivity contribution in [1.29, 1.82) is 0 Å². The molecule has 2 aromatic carbocycles. The van der Waals surface area contributed by atoms with Gasteiger partial charge in [-0.25, -0.2) is 0 Å². The standard InChI is InChI=1S/C18H19Cl2N3O4/c1-10(14-6-4-12(19)8-15(14)20)21-11(2)18(24)22-16-7-5-13(23(25)26)9-17(16)27-3/h4-11,21H,1-3H3,(H,22,24)/t10-,11-/m1/s1. The van der Waals surface area contributed by atoms with Gasteiger partial charge in [-0.05, 0) is 37.6 Å². The first kappa shape index (κ1) is 21.0. The highest BCUT2D eigenvalue weighted by atomic mass is 35.5. The van der Waals surface area contributed by atoms with Crippen LogP contribution in [0.15, 0.2) is 36.4 Å². The number of hydrogen-bond acceptors (Lipinski definition) is 5. The van der Waals surface area contributed by atoms with Gasteiger partial charge in [0.25, 0.3) is 5.69 Å². The van der Waals surface area contributed by atoms with Crippen molar-refractivity contribution >= 4 is 40.5 Å². The predicted molar refractivity (Wildman–Crippen MR) is 106 cm³/mol. The third-order valence-corrected chi connectivity index (χ3v) is 4.54. The number of nitro groups is 1. The summed E-state index contributed by atoms with van der Waals surface area (Å²) in [7, 11) is 1.38. The van der Waals surface area contributed by atoms with Gasteiger partial charge in [0.1, 0.15) is 5.75 Å². The summed E-state index contributed by atoms with van der Waals surface area (Å²) in [5.74, 6) is -0.113. The average Bonchev–Trinajstić information content (AvgIpc) is 2.61. The summed E-state index contributed by atoms with van der Waals surface area (Å²) in [4.78, 5) is 22.8. The van der Waals surface area contributed by atoms with Crippen molar-refractivity contribution < 1.29 is 14.5 Å². The molecule has 0 spiro atoms. The zero-order valence-corrected chi connectivity index (χ0v) is 16.5. The molecule has 2 aromatic rings. The van der Waals surface area contributed by atoms with E-state index in [0.717, 1.165) is 5.56 Å². The Labute approximate surface area is 166 Å². The molecular weight excluding hydrogens is 393 g/mol. The fourth-order valence-corrected chi connectivity index (χ4v) is 3.10. The van der Waals surface area contributed by atoms with Gasteiger partial charge >= 0.3 is 0 Å². The summed E-state index contributed by atoms with van der Waals surface area (Å²) in [6.07, 6.45) is 0. The zero-order valence-electron chi connectivity index (χ0n) is 15.0. The van der Waals surface area contributed by atoms with Crippen molar-refractivity contribution in [2.75, 3.05) is 12.4 Å². The van der Waals surface area contributed by atoms with Crippen molar-refractivity contribution in [3.8, 4) is 5.75 Å². The Kier molecular flexibility index (Phi) is 7.01. The van der Waals surface area contributed by atoms with Crippen LogP contribution in [0.2, 0.25) is 10.0 Å². The number of halogens is 2. The number of hydrogen-bond donors (Lipinski definition) is 2. The zero-order chi connectivity index (χ0) is 20.1. The average molecular weight is 412 g/mol. The summed E-state index contributed by atoms with van der Waals surface area (Å²) >= 11 is 12.1. The molecule has 0 unspecified atom stereocenters. The largest absolute Gasteiger partial charge is 0.494 e. The summed E-state index contributed by atoms with van der Waals surface area (Å²) in [6.45, 7) is 3.58. The number of nitrogens with one attached hydrogen (secondary N) is 2. The molecule has 9 heteroatoms. The summed E-state index contributed by atoms with van der Waals surface area (Å²) < 4.78 is 5.12. The lowest BCUT2D eigenvalue weighted by molar-refractivity contribution is -0.384. The van der Waals surface area contributed by atoms with Crippen LogP contribution in [0, 0.1) is 10.1 Å². The Morgan fingerprint density at radius 1 is 1.19 bits per heavy atom. The van der Waals surface area contributed by atoms with E-state index in [1.54, 1.807) is 25.1 Å². The van der Waals surface area contributed by atoms with Gasteiger partial charge < -0.3 is 10.1 Å². The normalized spacial score (nSPS) is 12.9. The first-order chi connectivity index (χ1) is 12.7. The van der Waals surface area contributed by atoms with Gasteiger partial charge in [-0.3, -0.25) is 20.2 Å². The lowest BCUT2D eigenvalue weighted by atomic mass is 10.1. The molecule has 7 nitrogen and oxygen atoms in total. The molecule has 2 atom stereocenters. The Morgan fingerprint density at radius 2 is 1.89 bits per heavy atom. The lowest BCUT2D eigenvalue weighted by Crippen LogP contribution is -2.39. The number of amides is 1. The molecule has 0 saturated carbocycles. The molecule has 0 heterocycles. The Bertz CT molecular complexity index is 860. The van der Waals surface area contributed by atoms with Crippen LogP contribution in [-0.2, 0) is 4.79 Å². The van der Waals surface area contributed by atoms with Gasteiger partial charge in [0.05, 0.1) is 29.8 Å².